The maximum atomic E-state index is 6.47. The molecule has 0 N–H and O–H groups in total. The van der Waals surface area contributed by atoms with Gasteiger partial charge in [0.25, 0.3) is 0 Å². The van der Waals surface area contributed by atoms with E-state index in [2.05, 4.69) is 162 Å². The number of furan rings is 1. The van der Waals surface area contributed by atoms with Crippen LogP contribution in [0.25, 0.3) is 94.7 Å². The number of nitrogens with zero attached hydrogens (tertiary/aromatic N) is 4. The summed E-state index contributed by atoms with van der Waals surface area (Å²) in [4.78, 5) is 15.7. The molecule has 8 aromatic carbocycles. The minimum atomic E-state index is 0.115. The highest BCUT2D eigenvalue weighted by molar-refractivity contribution is 6.13. The van der Waals surface area contributed by atoms with Gasteiger partial charge < -0.3 is 4.42 Å². The molecule has 0 saturated carbocycles. The third-order valence-corrected chi connectivity index (χ3v) is 11.6. The molecule has 0 radical (unpaired) electrons. The summed E-state index contributed by atoms with van der Waals surface area (Å²) in [5.41, 5.74) is 14.2. The van der Waals surface area contributed by atoms with Crippen LogP contribution in [0.4, 0.5) is 0 Å². The van der Waals surface area contributed by atoms with Gasteiger partial charge in [0.1, 0.15) is 11.2 Å². The first-order valence-electron chi connectivity index (χ1n) is 19.3. The van der Waals surface area contributed by atoms with E-state index in [1.807, 2.05) is 30.3 Å². The number of rotatable bonds is 5. The minimum absolute atomic E-state index is 0.115. The summed E-state index contributed by atoms with van der Waals surface area (Å²) in [5, 5.41) is 4.47. The van der Waals surface area contributed by atoms with E-state index < -0.39 is 0 Å². The van der Waals surface area contributed by atoms with Gasteiger partial charge in [-0.25, -0.2) is 4.98 Å². The summed E-state index contributed by atoms with van der Waals surface area (Å²) in [5.74, 6) is 1.94. The summed E-state index contributed by atoms with van der Waals surface area (Å²) >= 11 is 0. The molecular formula is C52H32N4O. The number of aromatic nitrogens is 4. The molecular weight excluding hydrogens is 697 g/mol. The Balaban J connectivity index is 1.06. The second-order valence-electron chi connectivity index (χ2n) is 14.7. The summed E-state index contributed by atoms with van der Waals surface area (Å²) in [6, 6.07) is 66.2. The highest BCUT2D eigenvalue weighted by Gasteiger charge is 2.30. The van der Waals surface area contributed by atoms with E-state index >= 15 is 0 Å². The Labute approximate surface area is 328 Å². The van der Waals surface area contributed by atoms with Gasteiger partial charge in [0.2, 0.25) is 5.95 Å². The van der Waals surface area contributed by atoms with Gasteiger partial charge in [0, 0.05) is 44.2 Å². The van der Waals surface area contributed by atoms with Crippen molar-refractivity contribution >= 4 is 43.7 Å². The second-order valence-corrected chi connectivity index (χ2v) is 14.7. The molecule has 1 aliphatic rings. The van der Waals surface area contributed by atoms with Gasteiger partial charge in [-0.1, -0.05) is 158 Å². The molecule has 5 nitrogen and oxygen atoms in total. The van der Waals surface area contributed by atoms with Gasteiger partial charge in [-0.3, -0.25) is 4.57 Å². The first-order chi connectivity index (χ1) is 28.3. The summed E-state index contributed by atoms with van der Waals surface area (Å²) in [6.45, 7) is 0. The van der Waals surface area contributed by atoms with Crippen LogP contribution in [0.2, 0.25) is 0 Å². The molecule has 57 heavy (non-hydrogen) atoms. The third-order valence-electron chi connectivity index (χ3n) is 11.6. The third kappa shape index (κ3) is 4.92. The van der Waals surface area contributed by atoms with Crippen molar-refractivity contribution in [2.45, 2.75) is 5.92 Å². The monoisotopic (exact) mass is 728 g/mol. The van der Waals surface area contributed by atoms with Gasteiger partial charge in [0.15, 0.2) is 11.6 Å². The van der Waals surface area contributed by atoms with Crippen molar-refractivity contribution < 1.29 is 4.42 Å². The predicted molar refractivity (Wildman–Crippen MR) is 231 cm³/mol. The number of fused-ring (bicyclic) bond motifs is 9. The predicted octanol–water partition coefficient (Wildman–Crippen LogP) is 13.0. The quantitative estimate of drug-likeness (QED) is 0.177. The number of benzene rings is 8. The summed E-state index contributed by atoms with van der Waals surface area (Å²) in [7, 11) is 0. The minimum Gasteiger partial charge on any atom is -0.455 e. The van der Waals surface area contributed by atoms with Crippen molar-refractivity contribution in [1.82, 2.24) is 19.5 Å². The first kappa shape index (κ1) is 31.7. The molecule has 1 aliphatic carbocycles. The molecule has 0 bridgehead atoms. The topological polar surface area (TPSA) is 56.7 Å². The molecule has 5 heteroatoms. The maximum Gasteiger partial charge on any atom is 0.238 e. The Morgan fingerprint density at radius 1 is 0.404 bits per heavy atom. The van der Waals surface area contributed by atoms with E-state index in [1.54, 1.807) is 0 Å². The average molecular weight is 729 g/mol. The molecule has 3 aromatic heterocycles. The van der Waals surface area contributed by atoms with E-state index in [1.165, 1.54) is 27.8 Å². The van der Waals surface area contributed by atoms with Crippen LogP contribution in [0.5, 0.6) is 0 Å². The summed E-state index contributed by atoms with van der Waals surface area (Å²) in [6.07, 6.45) is 0. The van der Waals surface area contributed by atoms with Crippen LogP contribution >= 0.6 is 0 Å². The van der Waals surface area contributed by atoms with E-state index in [9.17, 15) is 0 Å². The Morgan fingerprint density at radius 2 is 1.05 bits per heavy atom. The first-order valence-corrected chi connectivity index (χ1v) is 19.3. The fourth-order valence-corrected chi connectivity index (χ4v) is 8.99. The van der Waals surface area contributed by atoms with Crippen molar-refractivity contribution in [1.29, 1.82) is 0 Å². The van der Waals surface area contributed by atoms with Crippen LogP contribution in [0.3, 0.4) is 0 Å². The van der Waals surface area contributed by atoms with Gasteiger partial charge in [-0.15, -0.1) is 0 Å². The van der Waals surface area contributed by atoms with Crippen LogP contribution in [0.1, 0.15) is 22.6 Å². The molecule has 3 heterocycles. The molecule has 0 spiro atoms. The van der Waals surface area contributed by atoms with Crippen molar-refractivity contribution in [3.05, 3.63) is 205 Å². The molecule has 12 rings (SSSR count). The lowest BCUT2D eigenvalue weighted by Crippen LogP contribution is -2.06. The van der Waals surface area contributed by atoms with Gasteiger partial charge in [-0.2, -0.15) is 9.97 Å². The fraction of sp³-hybridized carbons (Fsp3) is 0.0192. The van der Waals surface area contributed by atoms with E-state index in [0.29, 0.717) is 17.6 Å². The highest BCUT2D eigenvalue weighted by Crippen LogP contribution is 2.49. The molecule has 0 amide bonds. The van der Waals surface area contributed by atoms with Crippen LogP contribution in [0.15, 0.2) is 192 Å². The maximum absolute atomic E-state index is 6.47. The Hall–Kier alpha value is -7.63. The highest BCUT2D eigenvalue weighted by atomic mass is 16.3. The lowest BCUT2D eigenvalue weighted by atomic mass is 9.89. The summed E-state index contributed by atoms with van der Waals surface area (Å²) < 4.78 is 8.65. The molecule has 11 aromatic rings. The van der Waals surface area contributed by atoms with Crippen LogP contribution in [0, 0.1) is 0 Å². The Morgan fingerprint density at radius 3 is 1.93 bits per heavy atom. The van der Waals surface area contributed by atoms with Gasteiger partial charge >= 0.3 is 0 Å². The van der Waals surface area contributed by atoms with Crippen molar-refractivity contribution in [3.8, 4) is 51.0 Å². The van der Waals surface area contributed by atoms with Crippen molar-refractivity contribution in [2.24, 2.45) is 0 Å². The Kier molecular flexibility index (Phi) is 6.92. The number of hydrogen-bond acceptors (Lipinski definition) is 4. The van der Waals surface area contributed by atoms with E-state index in [0.717, 1.165) is 66.0 Å². The average Bonchev–Trinajstić information content (AvgIpc) is 3.94. The molecule has 1 unspecified atom stereocenters. The van der Waals surface area contributed by atoms with Crippen molar-refractivity contribution in [3.63, 3.8) is 0 Å². The number of hydrogen-bond donors (Lipinski definition) is 0. The normalized spacial score (nSPS) is 13.4. The zero-order chi connectivity index (χ0) is 37.5. The zero-order valence-corrected chi connectivity index (χ0v) is 30.7. The van der Waals surface area contributed by atoms with Crippen molar-refractivity contribution in [2.75, 3.05) is 0 Å². The van der Waals surface area contributed by atoms with E-state index in [4.69, 9.17) is 19.4 Å². The Bertz CT molecular complexity index is 3360. The van der Waals surface area contributed by atoms with E-state index in [-0.39, 0.29) is 5.92 Å². The zero-order valence-electron chi connectivity index (χ0n) is 30.7. The molecule has 0 aliphatic heterocycles. The second kappa shape index (κ2) is 12.4. The van der Waals surface area contributed by atoms with Crippen LogP contribution in [-0.2, 0) is 0 Å². The van der Waals surface area contributed by atoms with Gasteiger partial charge in [0.05, 0.1) is 11.0 Å². The molecule has 0 saturated heterocycles. The molecule has 1 atom stereocenters. The number of para-hydroxylation sites is 3. The fourth-order valence-electron chi connectivity index (χ4n) is 8.99. The largest absolute Gasteiger partial charge is 0.455 e. The van der Waals surface area contributed by atoms with Crippen LogP contribution in [-0.4, -0.2) is 19.5 Å². The lowest BCUT2D eigenvalue weighted by molar-refractivity contribution is 0.670. The smallest absolute Gasteiger partial charge is 0.238 e. The molecule has 0 fully saturated rings. The van der Waals surface area contributed by atoms with Crippen LogP contribution < -0.4 is 0 Å². The SMILES string of the molecule is c1ccc(-c2nc(-c3ccc4c(c3)C(c3ccccc3)c3ccccc3-4)nc(-n3c4ccccc4c4cc(-c5cccc6c5oc5ccccc56)ccc43)n2)cc1. The standard InChI is InChI=1S/C52H32N4O/c1-3-14-32(15-4-1)48-41-21-8-7-18-37(41)38-28-26-35(31-44(38)48)51-53-50(33-16-5-2-6-17-33)54-52(55-51)56-45-24-11-9-19-39(45)43-30-34(27-29-46(43)56)36-22-13-23-42-40-20-10-12-25-47(40)57-49(36)42/h1-31,48H. The van der Waals surface area contributed by atoms with Gasteiger partial charge in [-0.05, 0) is 63.7 Å². The molecule has 266 valence electrons. The lowest BCUT2D eigenvalue weighted by Gasteiger charge is -2.15.